The molecule has 2 aromatic carbocycles. The van der Waals surface area contributed by atoms with Crippen LogP contribution in [0.15, 0.2) is 53.0 Å². The number of carbonyl (C=O) groups excluding carboxylic acids is 2. The molecule has 1 amide bonds. The number of hydrogen-bond donors (Lipinski definition) is 1. The first-order valence-corrected chi connectivity index (χ1v) is 7.68. The second kappa shape index (κ2) is 7.69. The van der Waals surface area contributed by atoms with Crippen molar-refractivity contribution in [3.63, 3.8) is 0 Å². The molecule has 2 rings (SSSR count). The van der Waals surface area contributed by atoms with Crippen LogP contribution in [0.3, 0.4) is 0 Å². The molecule has 0 spiro atoms. The Balaban J connectivity index is 1.96. The molecule has 0 aliphatic heterocycles. The van der Waals surface area contributed by atoms with E-state index < -0.39 is 22.9 Å². The predicted molar refractivity (Wildman–Crippen MR) is 90.7 cm³/mol. The maximum Gasteiger partial charge on any atom is 0.338 e. The Morgan fingerprint density at radius 1 is 1.12 bits per heavy atom. The Morgan fingerprint density at radius 3 is 2.25 bits per heavy atom. The minimum atomic E-state index is -1.02. The lowest BCUT2D eigenvalue weighted by molar-refractivity contribution is -0.384. The Kier molecular flexibility index (Phi) is 5.64. The molecule has 0 aromatic heterocycles. The monoisotopic (exact) mass is 392 g/mol. The van der Waals surface area contributed by atoms with E-state index in [1.54, 1.807) is 24.3 Å². The van der Waals surface area contributed by atoms with E-state index in [4.69, 9.17) is 4.74 Å². The molecule has 0 radical (unpaired) electrons. The average molecular weight is 393 g/mol. The van der Waals surface area contributed by atoms with Crippen molar-refractivity contribution in [3.05, 3.63) is 68.7 Å². The van der Waals surface area contributed by atoms with Crippen molar-refractivity contribution in [1.29, 1.82) is 0 Å². The first kappa shape index (κ1) is 17.6. The maximum absolute atomic E-state index is 12.0. The molecule has 0 bridgehead atoms. The van der Waals surface area contributed by atoms with Gasteiger partial charge in [-0.2, -0.15) is 0 Å². The number of anilines is 1. The molecule has 0 heterocycles. The number of non-ortho nitro benzene ring substituents is 1. The fourth-order valence-electron chi connectivity index (χ4n) is 1.78. The number of benzene rings is 2. The number of nitrogens with one attached hydrogen (secondary N) is 1. The van der Waals surface area contributed by atoms with E-state index in [1.807, 2.05) is 0 Å². The van der Waals surface area contributed by atoms with Crippen LogP contribution in [0.1, 0.15) is 17.3 Å². The minimum absolute atomic E-state index is 0.129. The zero-order valence-corrected chi connectivity index (χ0v) is 14.1. The van der Waals surface area contributed by atoms with Crippen LogP contribution in [-0.4, -0.2) is 22.9 Å². The van der Waals surface area contributed by atoms with Gasteiger partial charge < -0.3 is 10.1 Å². The lowest BCUT2D eigenvalue weighted by atomic mass is 10.2. The van der Waals surface area contributed by atoms with Gasteiger partial charge in [-0.25, -0.2) is 4.79 Å². The molecule has 124 valence electrons. The van der Waals surface area contributed by atoms with Crippen molar-refractivity contribution >= 4 is 39.2 Å². The molecule has 0 aliphatic rings. The summed E-state index contributed by atoms with van der Waals surface area (Å²) in [6.45, 7) is 1.44. The summed E-state index contributed by atoms with van der Waals surface area (Å²) in [5, 5.41) is 13.2. The van der Waals surface area contributed by atoms with Gasteiger partial charge in [-0.15, -0.1) is 0 Å². The van der Waals surface area contributed by atoms with Crippen LogP contribution in [0, 0.1) is 10.1 Å². The van der Waals surface area contributed by atoms with Gasteiger partial charge in [-0.3, -0.25) is 14.9 Å². The molecule has 0 saturated carbocycles. The molecule has 0 fully saturated rings. The standard InChI is InChI=1S/C16H13BrN2O5/c1-10(15(20)18-13-6-4-12(17)5-7-13)24-16(21)11-2-8-14(9-3-11)19(22)23/h2-10H,1H3,(H,18,20). The lowest BCUT2D eigenvalue weighted by Gasteiger charge is -2.13. The highest BCUT2D eigenvalue weighted by Crippen LogP contribution is 2.16. The van der Waals surface area contributed by atoms with Gasteiger partial charge >= 0.3 is 5.97 Å². The average Bonchev–Trinajstić information content (AvgIpc) is 2.56. The molecule has 1 N–H and O–H groups in total. The number of hydrogen-bond acceptors (Lipinski definition) is 5. The molecular weight excluding hydrogens is 380 g/mol. The molecule has 0 aliphatic carbocycles. The highest BCUT2D eigenvalue weighted by molar-refractivity contribution is 9.10. The summed E-state index contributed by atoms with van der Waals surface area (Å²) in [5.41, 5.74) is 0.568. The molecule has 0 saturated heterocycles. The van der Waals surface area contributed by atoms with Crippen LogP contribution in [0.25, 0.3) is 0 Å². The highest BCUT2D eigenvalue weighted by Gasteiger charge is 2.19. The van der Waals surface area contributed by atoms with Gasteiger partial charge in [0.15, 0.2) is 6.10 Å². The van der Waals surface area contributed by atoms with E-state index in [0.717, 1.165) is 4.47 Å². The molecule has 8 heteroatoms. The predicted octanol–water partition coefficient (Wildman–Crippen LogP) is 3.54. The van der Waals surface area contributed by atoms with Crippen molar-refractivity contribution in [2.24, 2.45) is 0 Å². The maximum atomic E-state index is 12.0. The summed E-state index contributed by atoms with van der Waals surface area (Å²) in [4.78, 5) is 34.0. The molecular formula is C16H13BrN2O5. The number of halogens is 1. The zero-order chi connectivity index (χ0) is 17.7. The summed E-state index contributed by atoms with van der Waals surface area (Å²) in [5.74, 6) is -1.21. The van der Waals surface area contributed by atoms with Crippen molar-refractivity contribution in [3.8, 4) is 0 Å². The Labute approximate surface area is 145 Å². The molecule has 2 aromatic rings. The second-order valence-electron chi connectivity index (χ2n) is 4.85. The molecule has 24 heavy (non-hydrogen) atoms. The number of nitro benzene ring substituents is 1. The summed E-state index contributed by atoms with van der Waals surface area (Å²) >= 11 is 3.29. The van der Waals surface area contributed by atoms with Crippen LogP contribution >= 0.6 is 15.9 Å². The van der Waals surface area contributed by atoms with E-state index in [2.05, 4.69) is 21.2 Å². The number of nitrogens with zero attached hydrogens (tertiary/aromatic N) is 1. The van der Waals surface area contributed by atoms with Crippen molar-refractivity contribution in [1.82, 2.24) is 0 Å². The van der Waals surface area contributed by atoms with Gasteiger partial charge in [0.2, 0.25) is 0 Å². The summed E-state index contributed by atoms with van der Waals surface area (Å²) in [6.07, 6.45) is -1.02. The third-order valence-corrected chi connectivity index (χ3v) is 3.61. The third-order valence-electron chi connectivity index (χ3n) is 3.08. The number of nitro groups is 1. The van der Waals surface area contributed by atoms with Crippen LogP contribution in [0.5, 0.6) is 0 Å². The van der Waals surface area contributed by atoms with Gasteiger partial charge in [-0.1, -0.05) is 15.9 Å². The van der Waals surface area contributed by atoms with Gasteiger partial charge in [0, 0.05) is 22.3 Å². The Bertz CT molecular complexity index is 759. The number of esters is 1. The second-order valence-corrected chi connectivity index (χ2v) is 5.76. The van der Waals surface area contributed by atoms with Gasteiger partial charge in [0.25, 0.3) is 11.6 Å². The molecule has 1 unspecified atom stereocenters. The Morgan fingerprint density at radius 2 is 1.71 bits per heavy atom. The summed E-state index contributed by atoms with van der Waals surface area (Å²) < 4.78 is 5.94. The SMILES string of the molecule is CC(OC(=O)c1ccc([N+](=O)[O-])cc1)C(=O)Nc1ccc(Br)cc1. The number of carbonyl (C=O) groups is 2. The van der Waals surface area contributed by atoms with Crippen LogP contribution < -0.4 is 5.32 Å². The highest BCUT2D eigenvalue weighted by atomic mass is 79.9. The van der Waals surface area contributed by atoms with Crippen molar-refractivity contribution in [2.45, 2.75) is 13.0 Å². The number of amides is 1. The fourth-order valence-corrected chi connectivity index (χ4v) is 2.04. The van der Waals surface area contributed by atoms with Gasteiger partial charge in [0.1, 0.15) is 0 Å². The van der Waals surface area contributed by atoms with Gasteiger partial charge in [-0.05, 0) is 43.3 Å². The number of ether oxygens (including phenoxy) is 1. The van der Waals surface area contributed by atoms with E-state index in [0.29, 0.717) is 5.69 Å². The first-order valence-electron chi connectivity index (χ1n) is 6.88. The Hall–Kier alpha value is -2.74. The van der Waals surface area contributed by atoms with Crippen molar-refractivity contribution < 1.29 is 19.2 Å². The summed E-state index contributed by atoms with van der Waals surface area (Å²) in [6, 6.07) is 11.9. The fraction of sp³-hybridized carbons (Fsp3) is 0.125. The van der Waals surface area contributed by atoms with Crippen LogP contribution in [0.2, 0.25) is 0 Å². The third kappa shape index (κ3) is 4.63. The topological polar surface area (TPSA) is 98.5 Å². The molecule has 1 atom stereocenters. The number of rotatable bonds is 5. The van der Waals surface area contributed by atoms with E-state index in [-0.39, 0.29) is 11.3 Å². The van der Waals surface area contributed by atoms with Crippen LogP contribution in [-0.2, 0) is 9.53 Å². The quantitative estimate of drug-likeness (QED) is 0.476. The molecule has 7 nitrogen and oxygen atoms in total. The smallest absolute Gasteiger partial charge is 0.338 e. The first-order chi connectivity index (χ1) is 11.4. The van der Waals surface area contributed by atoms with Crippen molar-refractivity contribution in [2.75, 3.05) is 5.32 Å². The van der Waals surface area contributed by atoms with E-state index in [1.165, 1.54) is 31.2 Å². The van der Waals surface area contributed by atoms with E-state index >= 15 is 0 Å². The van der Waals surface area contributed by atoms with Gasteiger partial charge in [0.05, 0.1) is 10.5 Å². The minimum Gasteiger partial charge on any atom is -0.449 e. The van der Waals surface area contributed by atoms with Crippen LogP contribution in [0.4, 0.5) is 11.4 Å². The lowest BCUT2D eigenvalue weighted by Crippen LogP contribution is -2.29. The van der Waals surface area contributed by atoms with E-state index in [9.17, 15) is 19.7 Å². The summed E-state index contributed by atoms with van der Waals surface area (Å²) in [7, 11) is 0. The largest absolute Gasteiger partial charge is 0.449 e. The normalized spacial score (nSPS) is 11.4. The zero-order valence-electron chi connectivity index (χ0n) is 12.6.